The van der Waals surface area contributed by atoms with Crippen molar-refractivity contribution >= 4 is 17.8 Å². The van der Waals surface area contributed by atoms with E-state index in [0.717, 1.165) is 0 Å². The van der Waals surface area contributed by atoms with Gasteiger partial charge in [0.05, 0.1) is 0 Å². The molecule has 1 saturated heterocycles. The molecular formula is C13H15N3O4. The van der Waals surface area contributed by atoms with Crippen LogP contribution < -0.4 is 0 Å². The van der Waals surface area contributed by atoms with Gasteiger partial charge < -0.3 is 14.9 Å². The Balaban J connectivity index is 2.07. The van der Waals surface area contributed by atoms with Gasteiger partial charge in [-0.2, -0.15) is 0 Å². The molecule has 2 rings (SSSR count). The maximum atomic E-state index is 12.3. The second-order valence-electron chi connectivity index (χ2n) is 4.53. The molecule has 0 bridgehead atoms. The van der Waals surface area contributed by atoms with Gasteiger partial charge in [-0.3, -0.25) is 9.59 Å². The molecule has 0 spiro atoms. The molecule has 0 aromatic carbocycles. The molecule has 0 saturated carbocycles. The Hall–Kier alpha value is -2.44. The summed E-state index contributed by atoms with van der Waals surface area (Å²) in [4.78, 5) is 41.3. The first-order valence-electron chi connectivity index (χ1n) is 6.23. The van der Waals surface area contributed by atoms with Crippen molar-refractivity contribution in [3.8, 4) is 0 Å². The van der Waals surface area contributed by atoms with Crippen molar-refractivity contribution in [2.24, 2.45) is 0 Å². The third-order valence-electron chi connectivity index (χ3n) is 3.24. The third kappa shape index (κ3) is 2.93. The molecule has 0 aliphatic carbocycles. The molecule has 1 aliphatic heterocycles. The Morgan fingerprint density at radius 2 is 1.75 bits per heavy atom. The van der Waals surface area contributed by atoms with E-state index < -0.39 is 5.97 Å². The fourth-order valence-corrected chi connectivity index (χ4v) is 2.09. The molecule has 1 aromatic rings. The number of carbonyl (C=O) groups is 3. The van der Waals surface area contributed by atoms with Gasteiger partial charge in [0.25, 0.3) is 5.91 Å². The first-order chi connectivity index (χ1) is 9.49. The fourth-order valence-electron chi connectivity index (χ4n) is 2.09. The van der Waals surface area contributed by atoms with Crippen molar-refractivity contribution in [2.75, 3.05) is 26.2 Å². The summed E-state index contributed by atoms with van der Waals surface area (Å²) in [6, 6.07) is 2.76. The number of amides is 2. The van der Waals surface area contributed by atoms with E-state index in [1.807, 2.05) is 0 Å². The quantitative estimate of drug-likeness (QED) is 0.827. The highest BCUT2D eigenvalue weighted by molar-refractivity contribution is 5.96. The van der Waals surface area contributed by atoms with Crippen LogP contribution in [-0.4, -0.2) is 63.9 Å². The molecule has 2 amide bonds. The maximum absolute atomic E-state index is 12.3. The molecule has 1 fully saturated rings. The molecule has 1 aromatic heterocycles. The number of hydrogen-bond acceptors (Lipinski definition) is 4. The molecule has 0 unspecified atom stereocenters. The van der Waals surface area contributed by atoms with Gasteiger partial charge in [-0.1, -0.05) is 0 Å². The van der Waals surface area contributed by atoms with E-state index in [1.54, 1.807) is 9.80 Å². The van der Waals surface area contributed by atoms with Gasteiger partial charge >= 0.3 is 5.97 Å². The zero-order valence-electron chi connectivity index (χ0n) is 11.1. The van der Waals surface area contributed by atoms with Crippen LogP contribution in [0.2, 0.25) is 0 Å². The number of aromatic carboxylic acids is 1. The lowest BCUT2D eigenvalue weighted by molar-refractivity contribution is -0.130. The van der Waals surface area contributed by atoms with Crippen LogP contribution in [0.5, 0.6) is 0 Å². The third-order valence-corrected chi connectivity index (χ3v) is 3.24. The van der Waals surface area contributed by atoms with E-state index in [-0.39, 0.29) is 17.5 Å². The molecule has 0 atom stereocenters. The number of carboxylic acid groups (broad SMARTS) is 1. The Labute approximate surface area is 115 Å². The monoisotopic (exact) mass is 277 g/mol. The zero-order chi connectivity index (χ0) is 14.7. The summed E-state index contributed by atoms with van der Waals surface area (Å²) in [5, 5.41) is 8.87. The molecule has 2 heterocycles. The predicted molar refractivity (Wildman–Crippen MR) is 69.4 cm³/mol. The Kier molecular flexibility index (Phi) is 3.97. The normalized spacial score (nSPS) is 15.1. The van der Waals surface area contributed by atoms with Crippen LogP contribution in [0.25, 0.3) is 0 Å². The lowest BCUT2D eigenvalue weighted by Gasteiger charge is -2.34. The number of aromatic nitrogens is 1. The second-order valence-corrected chi connectivity index (χ2v) is 4.53. The summed E-state index contributed by atoms with van der Waals surface area (Å²) in [6.45, 7) is 3.39. The van der Waals surface area contributed by atoms with Crippen molar-refractivity contribution in [2.45, 2.75) is 6.92 Å². The predicted octanol–water partition coefficient (Wildman–Crippen LogP) is 0.0841. The molecular weight excluding hydrogens is 262 g/mol. The van der Waals surface area contributed by atoms with Gasteiger partial charge in [0.1, 0.15) is 5.69 Å². The van der Waals surface area contributed by atoms with Crippen molar-refractivity contribution in [1.82, 2.24) is 14.8 Å². The van der Waals surface area contributed by atoms with Crippen LogP contribution in [0.3, 0.4) is 0 Å². The minimum absolute atomic E-state index is 0.00539. The SMILES string of the molecule is CC(=O)N1CCN(C(=O)c2ccnc(C(=O)O)c2)CC1. The highest BCUT2D eigenvalue weighted by Crippen LogP contribution is 2.10. The summed E-state index contributed by atoms with van der Waals surface area (Å²) < 4.78 is 0. The summed E-state index contributed by atoms with van der Waals surface area (Å²) in [5.41, 5.74) is 0.145. The van der Waals surface area contributed by atoms with E-state index in [4.69, 9.17) is 5.11 Å². The minimum atomic E-state index is -1.17. The number of pyridine rings is 1. The average Bonchev–Trinajstić information content (AvgIpc) is 2.46. The first kappa shape index (κ1) is 14.0. The van der Waals surface area contributed by atoms with E-state index in [1.165, 1.54) is 25.3 Å². The smallest absolute Gasteiger partial charge is 0.354 e. The molecule has 7 heteroatoms. The summed E-state index contributed by atoms with van der Waals surface area (Å²) in [7, 11) is 0. The van der Waals surface area contributed by atoms with Crippen LogP contribution in [0.1, 0.15) is 27.8 Å². The molecule has 7 nitrogen and oxygen atoms in total. The van der Waals surface area contributed by atoms with E-state index in [2.05, 4.69) is 4.98 Å². The van der Waals surface area contributed by atoms with Crippen LogP contribution in [0.15, 0.2) is 18.3 Å². The van der Waals surface area contributed by atoms with E-state index >= 15 is 0 Å². The minimum Gasteiger partial charge on any atom is -0.477 e. The zero-order valence-corrected chi connectivity index (χ0v) is 11.1. The lowest BCUT2D eigenvalue weighted by atomic mass is 10.2. The number of hydrogen-bond donors (Lipinski definition) is 1. The lowest BCUT2D eigenvalue weighted by Crippen LogP contribution is -2.50. The average molecular weight is 277 g/mol. The van der Waals surface area contributed by atoms with Crippen LogP contribution in [0, 0.1) is 0 Å². The van der Waals surface area contributed by atoms with Crippen molar-refractivity contribution in [3.05, 3.63) is 29.6 Å². The van der Waals surface area contributed by atoms with E-state index in [0.29, 0.717) is 31.7 Å². The van der Waals surface area contributed by atoms with Gasteiger partial charge in [0, 0.05) is 44.9 Å². The number of rotatable bonds is 2. The largest absolute Gasteiger partial charge is 0.477 e. The summed E-state index contributed by atoms with van der Waals surface area (Å²) in [6.07, 6.45) is 1.31. The van der Waals surface area contributed by atoms with Crippen LogP contribution in [0.4, 0.5) is 0 Å². The number of piperazine rings is 1. The summed E-state index contributed by atoms with van der Waals surface area (Å²) >= 11 is 0. The molecule has 1 N–H and O–H groups in total. The Morgan fingerprint density at radius 1 is 1.15 bits per heavy atom. The molecule has 106 valence electrons. The number of carboxylic acids is 1. The Bertz CT molecular complexity index is 550. The van der Waals surface area contributed by atoms with Gasteiger partial charge in [-0.25, -0.2) is 9.78 Å². The van der Waals surface area contributed by atoms with E-state index in [9.17, 15) is 14.4 Å². The maximum Gasteiger partial charge on any atom is 0.354 e. The highest BCUT2D eigenvalue weighted by atomic mass is 16.4. The van der Waals surface area contributed by atoms with Gasteiger partial charge in [0.2, 0.25) is 5.91 Å². The van der Waals surface area contributed by atoms with Crippen molar-refractivity contribution in [1.29, 1.82) is 0 Å². The van der Waals surface area contributed by atoms with Crippen molar-refractivity contribution < 1.29 is 19.5 Å². The van der Waals surface area contributed by atoms with Crippen LogP contribution >= 0.6 is 0 Å². The van der Waals surface area contributed by atoms with Gasteiger partial charge in [-0.15, -0.1) is 0 Å². The second kappa shape index (κ2) is 5.68. The first-order valence-corrected chi connectivity index (χ1v) is 6.23. The number of nitrogens with zero attached hydrogens (tertiary/aromatic N) is 3. The Morgan fingerprint density at radius 3 is 2.30 bits per heavy atom. The molecule has 20 heavy (non-hydrogen) atoms. The van der Waals surface area contributed by atoms with Gasteiger partial charge in [0.15, 0.2) is 0 Å². The number of carbonyl (C=O) groups excluding carboxylic acids is 2. The molecule has 0 radical (unpaired) electrons. The summed E-state index contributed by atoms with van der Waals surface area (Å²) in [5.74, 6) is -1.41. The van der Waals surface area contributed by atoms with Crippen LogP contribution in [-0.2, 0) is 4.79 Å². The fraction of sp³-hybridized carbons (Fsp3) is 0.385. The molecule has 1 aliphatic rings. The topological polar surface area (TPSA) is 90.8 Å². The highest BCUT2D eigenvalue weighted by Gasteiger charge is 2.23. The van der Waals surface area contributed by atoms with Crippen molar-refractivity contribution in [3.63, 3.8) is 0 Å². The van der Waals surface area contributed by atoms with Gasteiger partial charge in [-0.05, 0) is 12.1 Å². The standard InChI is InChI=1S/C13H15N3O4/c1-9(17)15-4-6-16(7-5-15)12(18)10-2-3-14-11(8-10)13(19)20/h2-3,8H,4-7H2,1H3,(H,19,20).